The first-order valence-electron chi connectivity index (χ1n) is 11.0. The second-order valence-electron chi connectivity index (χ2n) is 8.24. The molecule has 0 fully saturated rings. The summed E-state index contributed by atoms with van der Waals surface area (Å²) in [6.45, 7) is 3.56. The summed E-state index contributed by atoms with van der Waals surface area (Å²) in [7, 11) is 0. The molecule has 0 radical (unpaired) electrons. The molecule has 39 heavy (non-hydrogen) atoms. The molecule has 0 aliphatic heterocycles. The molecule has 0 aliphatic rings. The van der Waals surface area contributed by atoms with Crippen LogP contribution in [-0.2, 0) is 18.1 Å². The van der Waals surface area contributed by atoms with E-state index in [1.54, 1.807) is 44.2 Å². The predicted molar refractivity (Wildman–Crippen MR) is 132 cm³/mol. The summed E-state index contributed by atoms with van der Waals surface area (Å²) < 4.78 is 80.9. The van der Waals surface area contributed by atoms with E-state index in [2.05, 4.69) is 25.6 Å². The molecule has 0 aliphatic carbocycles. The van der Waals surface area contributed by atoms with Crippen LogP contribution in [0.5, 0.6) is 0 Å². The van der Waals surface area contributed by atoms with E-state index < -0.39 is 35.1 Å². The Kier molecular flexibility index (Phi) is 7.89. The third-order valence-corrected chi connectivity index (χ3v) is 6.31. The summed E-state index contributed by atoms with van der Waals surface area (Å²) in [6.07, 6.45) is -10.2. The van der Waals surface area contributed by atoms with Gasteiger partial charge in [-0.15, -0.1) is 5.10 Å². The molecule has 4 rings (SSSR count). The van der Waals surface area contributed by atoms with E-state index in [4.69, 9.17) is 11.6 Å². The highest BCUT2D eigenvalue weighted by Gasteiger charge is 2.37. The summed E-state index contributed by atoms with van der Waals surface area (Å²) in [5.74, 6) is -1.02. The molecule has 15 heteroatoms. The molecule has 0 saturated carbocycles. The maximum Gasteiger partial charge on any atom is 0.416 e. The Morgan fingerprint density at radius 2 is 1.49 bits per heavy atom. The first kappa shape index (κ1) is 28.4. The first-order valence-corrected chi connectivity index (χ1v) is 12.3. The van der Waals surface area contributed by atoms with E-state index in [9.17, 15) is 31.1 Å². The van der Waals surface area contributed by atoms with Gasteiger partial charge in [-0.2, -0.15) is 26.3 Å². The Bertz CT molecular complexity index is 1470. The molecule has 0 unspecified atom stereocenters. The van der Waals surface area contributed by atoms with Crippen molar-refractivity contribution < 1.29 is 31.1 Å². The van der Waals surface area contributed by atoms with Crippen LogP contribution in [0.2, 0.25) is 5.02 Å². The maximum atomic E-state index is 13.3. The number of hydrogen-bond donors (Lipinski definition) is 1. The van der Waals surface area contributed by atoms with Gasteiger partial charge in [0.15, 0.2) is 10.9 Å². The average molecular weight is 587 g/mol. The molecule has 204 valence electrons. The number of nitrogens with zero attached hydrogens (tertiary/aromatic N) is 5. The molecule has 0 saturated heterocycles. The number of aromatic nitrogens is 5. The Morgan fingerprint density at radius 3 is 2.03 bits per heavy atom. The first-order chi connectivity index (χ1) is 18.2. The summed E-state index contributed by atoms with van der Waals surface area (Å²) in [5, 5.41) is 10.8. The van der Waals surface area contributed by atoms with Gasteiger partial charge in [-0.25, -0.2) is 14.6 Å². The number of amides is 1. The number of carbonyl (C=O) groups excluding carboxylic acids is 1. The number of rotatable bonds is 6. The number of alkyl halides is 6. The molecule has 0 spiro atoms. The van der Waals surface area contributed by atoms with Gasteiger partial charge < -0.3 is 5.32 Å². The van der Waals surface area contributed by atoms with Crippen molar-refractivity contribution in [1.82, 2.24) is 25.0 Å². The Balaban J connectivity index is 1.72. The van der Waals surface area contributed by atoms with Crippen LogP contribution in [0.15, 0.2) is 53.7 Å². The highest BCUT2D eigenvalue weighted by atomic mass is 35.5. The van der Waals surface area contributed by atoms with Gasteiger partial charge in [-0.05, 0) is 62.4 Å². The second kappa shape index (κ2) is 10.8. The lowest BCUT2D eigenvalue weighted by atomic mass is 10.1. The SMILES string of the molecule is Cc1cc(C)nc(SCc2c(C(=O)Nc3cc(C(F)(F)F)cc(C(F)(F)F)c3)nnn2-c2ccc(Cl)cc2)n1. The van der Waals surface area contributed by atoms with Crippen LogP contribution >= 0.6 is 23.4 Å². The van der Waals surface area contributed by atoms with Gasteiger partial charge in [-0.3, -0.25) is 4.79 Å². The summed E-state index contributed by atoms with van der Waals surface area (Å²) in [4.78, 5) is 21.8. The highest BCUT2D eigenvalue weighted by Crippen LogP contribution is 2.37. The number of carbonyl (C=O) groups is 1. The Labute approximate surface area is 226 Å². The van der Waals surface area contributed by atoms with Gasteiger partial charge in [-0.1, -0.05) is 28.6 Å². The smallest absolute Gasteiger partial charge is 0.321 e. The number of anilines is 1. The van der Waals surface area contributed by atoms with Crippen LogP contribution in [0.4, 0.5) is 32.0 Å². The molecular weight excluding hydrogens is 570 g/mol. The van der Waals surface area contributed by atoms with Crippen LogP contribution in [0.3, 0.4) is 0 Å². The second-order valence-corrected chi connectivity index (χ2v) is 9.62. The number of aryl methyl sites for hydroxylation is 2. The molecule has 2 aromatic carbocycles. The average Bonchev–Trinajstić information content (AvgIpc) is 3.25. The van der Waals surface area contributed by atoms with Crippen molar-refractivity contribution in [3.63, 3.8) is 0 Å². The minimum atomic E-state index is -5.08. The minimum absolute atomic E-state index is 0.0294. The number of nitrogens with one attached hydrogen (secondary N) is 1. The van der Waals surface area contributed by atoms with Crippen LogP contribution in [0.25, 0.3) is 5.69 Å². The fourth-order valence-electron chi connectivity index (χ4n) is 3.51. The van der Waals surface area contributed by atoms with Gasteiger partial charge in [0.05, 0.1) is 22.5 Å². The van der Waals surface area contributed by atoms with E-state index in [1.807, 2.05) is 0 Å². The minimum Gasteiger partial charge on any atom is -0.321 e. The molecule has 0 bridgehead atoms. The van der Waals surface area contributed by atoms with E-state index in [0.717, 1.165) is 11.8 Å². The lowest BCUT2D eigenvalue weighted by Crippen LogP contribution is -2.17. The number of halogens is 7. The van der Waals surface area contributed by atoms with Crippen LogP contribution in [-0.4, -0.2) is 30.9 Å². The van der Waals surface area contributed by atoms with Gasteiger partial charge in [0, 0.05) is 27.9 Å². The monoisotopic (exact) mass is 586 g/mol. The number of hydrogen-bond acceptors (Lipinski definition) is 6. The Hall–Kier alpha value is -3.65. The fraction of sp³-hybridized carbons (Fsp3) is 0.208. The van der Waals surface area contributed by atoms with E-state index >= 15 is 0 Å². The zero-order valence-corrected chi connectivity index (χ0v) is 21.6. The van der Waals surface area contributed by atoms with Crippen molar-refractivity contribution in [3.05, 3.63) is 87.5 Å². The van der Waals surface area contributed by atoms with Crippen LogP contribution in [0.1, 0.15) is 38.7 Å². The lowest BCUT2D eigenvalue weighted by molar-refractivity contribution is -0.143. The van der Waals surface area contributed by atoms with Gasteiger partial charge in [0.2, 0.25) is 0 Å². The lowest BCUT2D eigenvalue weighted by Gasteiger charge is -2.14. The third-order valence-electron chi connectivity index (χ3n) is 5.19. The molecule has 1 N–H and O–H groups in total. The van der Waals surface area contributed by atoms with E-state index in [0.29, 0.717) is 39.4 Å². The van der Waals surface area contributed by atoms with Crippen molar-refractivity contribution in [2.24, 2.45) is 0 Å². The van der Waals surface area contributed by atoms with E-state index in [1.165, 1.54) is 4.68 Å². The quantitative estimate of drug-likeness (QED) is 0.150. The third kappa shape index (κ3) is 6.87. The molecule has 2 aromatic heterocycles. The van der Waals surface area contributed by atoms with Crippen LogP contribution < -0.4 is 5.32 Å². The molecule has 4 aromatic rings. The molecule has 2 heterocycles. The normalized spacial score (nSPS) is 12.0. The van der Waals surface area contributed by atoms with Crippen molar-refractivity contribution in [2.75, 3.05) is 5.32 Å². The van der Waals surface area contributed by atoms with Gasteiger partial charge in [0.25, 0.3) is 5.91 Å². The van der Waals surface area contributed by atoms with Crippen molar-refractivity contribution in [2.45, 2.75) is 37.1 Å². The van der Waals surface area contributed by atoms with Crippen molar-refractivity contribution in [3.8, 4) is 5.69 Å². The molecule has 1 amide bonds. The topological polar surface area (TPSA) is 85.6 Å². The molecule has 0 atom stereocenters. The summed E-state index contributed by atoms with van der Waals surface area (Å²) in [5.41, 5.74) is -2.09. The standard InChI is InChI=1S/C24H17ClF6N6OS/c1-12-7-13(2)33-22(32-12)39-11-19-20(35-36-37(19)18-5-3-16(25)4-6-18)21(38)34-17-9-14(23(26,27)28)8-15(10-17)24(29,30)31/h3-10H,11H2,1-2H3,(H,34,38). The number of thioether (sulfide) groups is 1. The largest absolute Gasteiger partial charge is 0.416 e. The zero-order chi connectivity index (χ0) is 28.5. The van der Waals surface area contributed by atoms with E-state index in [-0.39, 0.29) is 23.2 Å². The van der Waals surface area contributed by atoms with Crippen molar-refractivity contribution in [1.29, 1.82) is 0 Å². The predicted octanol–water partition coefficient (Wildman–Crippen LogP) is 6.91. The summed E-state index contributed by atoms with van der Waals surface area (Å²) in [6, 6.07) is 8.91. The zero-order valence-electron chi connectivity index (χ0n) is 20.0. The van der Waals surface area contributed by atoms with Gasteiger partial charge >= 0.3 is 12.4 Å². The highest BCUT2D eigenvalue weighted by molar-refractivity contribution is 7.98. The fourth-order valence-corrected chi connectivity index (χ4v) is 4.57. The van der Waals surface area contributed by atoms with Crippen LogP contribution in [0, 0.1) is 13.8 Å². The van der Waals surface area contributed by atoms with Crippen molar-refractivity contribution >= 4 is 35.0 Å². The van der Waals surface area contributed by atoms with Gasteiger partial charge in [0.1, 0.15) is 0 Å². The number of benzene rings is 2. The Morgan fingerprint density at radius 1 is 0.923 bits per heavy atom. The maximum absolute atomic E-state index is 13.3. The molecule has 7 nitrogen and oxygen atoms in total. The molecular formula is C24H17ClF6N6OS. The summed E-state index contributed by atoms with van der Waals surface area (Å²) >= 11 is 7.10.